The molecule has 0 aromatic heterocycles. The van der Waals surface area contributed by atoms with E-state index in [9.17, 15) is 19.6 Å². The van der Waals surface area contributed by atoms with Gasteiger partial charge in [0.05, 0.1) is 5.57 Å². The van der Waals surface area contributed by atoms with E-state index >= 15 is 0 Å². The zero-order chi connectivity index (χ0) is 26.9. The van der Waals surface area contributed by atoms with E-state index in [2.05, 4.69) is 40.7 Å². The number of fused-ring (bicyclic) bond motifs is 5. The number of halogens is 1. The first kappa shape index (κ1) is 27.3. The number of Topliss-reactive ketones (excluding diaryl/α,β-unsaturated/α-hetero) is 1. The number of hydrogen-bond donors (Lipinski definition) is 0. The quantitative estimate of drug-likeness (QED) is 0.344. The molecule has 0 aliphatic heterocycles. The molecule has 2 saturated carbocycles. The van der Waals surface area contributed by atoms with Gasteiger partial charge in [0, 0.05) is 22.7 Å². The highest BCUT2D eigenvalue weighted by Crippen LogP contribution is 2.69. The molecule has 0 radical (unpaired) electrons. The summed E-state index contributed by atoms with van der Waals surface area (Å²) in [5.41, 5.74) is -0.455. The van der Waals surface area contributed by atoms with E-state index in [1.165, 1.54) is 0 Å². The third-order valence-corrected chi connectivity index (χ3v) is 12.0. The summed E-state index contributed by atoms with van der Waals surface area (Å²) in [6.07, 6.45) is 10.4. The lowest BCUT2D eigenvalue weighted by molar-refractivity contribution is -0.136. The monoisotopic (exact) mass is 511 g/mol. The molecule has 1 unspecified atom stereocenters. The van der Waals surface area contributed by atoms with E-state index in [1.807, 2.05) is 26.0 Å². The molecule has 196 valence electrons. The molecule has 2 fully saturated rings. The SMILES string of the molecule is C[C@@H]1C(=O)C(C#N)=C[C@]2(C)C3=CC(=O)C4CCC(C)(C)CC[C@](C)(C(=O)Cl)CC[C@@]4(C)[C@]3(C)CC[C@@H]12. The minimum Gasteiger partial charge on any atom is -0.295 e. The second-order valence-electron chi connectivity index (χ2n) is 14.1. The second kappa shape index (κ2) is 8.65. The molecule has 0 bridgehead atoms. The zero-order valence-electron chi connectivity index (χ0n) is 23.1. The van der Waals surface area contributed by atoms with Gasteiger partial charge in [-0.3, -0.25) is 14.4 Å². The Labute approximate surface area is 221 Å². The van der Waals surface area contributed by atoms with Gasteiger partial charge in [-0.15, -0.1) is 0 Å². The molecule has 0 N–H and O–H groups in total. The molecule has 0 aromatic rings. The van der Waals surface area contributed by atoms with E-state index in [-0.39, 0.29) is 56.4 Å². The maximum Gasteiger partial charge on any atom is 0.227 e. The molecule has 0 aromatic carbocycles. The van der Waals surface area contributed by atoms with Crippen LogP contribution in [0.5, 0.6) is 0 Å². The van der Waals surface area contributed by atoms with Crippen LogP contribution in [0.3, 0.4) is 0 Å². The van der Waals surface area contributed by atoms with Crippen molar-refractivity contribution in [2.75, 3.05) is 0 Å². The summed E-state index contributed by atoms with van der Waals surface area (Å²) in [5, 5.41) is 9.47. The van der Waals surface area contributed by atoms with Crippen molar-refractivity contribution in [3.05, 3.63) is 23.3 Å². The van der Waals surface area contributed by atoms with Crippen LogP contribution < -0.4 is 0 Å². The normalized spacial score (nSPS) is 44.7. The van der Waals surface area contributed by atoms with Gasteiger partial charge in [-0.1, -0.05) is 60.1 Å². The van der Waals surface area contributed by atoms with Crippen LogP contribution in [0.15, 0.2) is 23.3 Å². The molecule has 7 atom stereocenters. The summed E-state index contributed by atoms with van der Waals surface area (Å²) in [6.45, 7) is 15.1. The van der Waals surface area contributed by atoms with Crippen LogP contribution in [-0.4, -0.2) is 16.8 Å². The molecular formula is C31H42ClNO3. The lowest BCUT2D eigenvalue weighted by atomic mass is 9.39. The van der Waals surface area contributed by atoms with Crippen LogP contribution in [0.2, 0.25) is 0 Å². The summed E-state index contributed by atoms with van der Waals surface area (Å²) in [5.74, 6) is -0.211. The molecular weight excluding hydrogens is 470 g/mol. The van der Waals surface area contributed by atoms with E-state index in [0.717, 1.165) is 50.5 Å². The number of allylic oxidation sites excluding steroid dienone is 4. The number of carbonyl (C=O) groups excluding carboxylic acids is 3. The van der Waals surface area contributed by atoms with E-state index in [0.29, 0.717) is 6.42 Å². The van der Waals surface area contributed by atoms with E-state index < -0.39 is 10.8 Å². The van der Waals surface area contributed by atoms with Gasteiger partial charge in [-0.2, -0.15) is 5.26 Å². The second-order valence-corrected chi connectivity index (χ2v) is 14.4. The van der Waals surface area contributed by atoms with Crippen LogP contribution in [-0.2, 0) is 14.4 Å². The number of nitrogens with zero attached hydrogens (tertiary/aromatic N) is 1. The van der Waals surface area contributed by atoms with Gasteiger partial charge < -0.3 is 0 Å². The highest BCUT2D eigenvalue weighted by molar-refractivity contribution is 6.64. The van der Waals surface area contributed by atoms with Crippen LogP contribution in [0, 0.1) is 56.2 Å². The van der Waals surface area contributed by atoms with Crippen LogP contribution in [0.1, 0.15) is 99.8 Å². The Kier molecular flexibility index (Phi) is 6.57. The van der Waals surface area contributed by atoms with Gasteiger partial charge in [-0.05, 0) is 91.2 Å². The fourth-order valence-electron chi connectivity index (χ4n) is 8.41. The Balaban J connectivity index is 1.89. The summed E-state index contributed by atoms with van der Waals surface area (Å²) in [6, 6.07) is 2.14. The number of ketones is 2. The lowest BCUT2D eigenvalue weighted by Gasteiger charge is -2.63. The maximum atomic E-state index is 14.0. The van der Waals surface area contributed by atoms with Gasteiger partial charge in [0.2, 0.25) is 5.24 Å². The third-order valence-electron chi connectivity index (χ3n) is 11.5. The van der Waals surface area contributed by atoms with Crippen molar-refractivity contribution in [3.8, 4) is 6.07 Å². The summed E-state index contributed by atoms with van der Waals surface area (Å²) >= 11 is 6.22. The predicted octanol–water partition coefficient (Wildman–Crippen LogP) is 7.36. The van der Waals surface area contributed by atoms with Gasteiger partial charge in [0.25, 0.3) is 0 Å². The van der Waals surface area contributed by atoms with Gasteiger partial charge >= 0.3 is 0 Å². The minimum atomic E-state index is -0.620. The predicted molar refractivity (Wildman–Crippen MR) is 142 cm³/mol. The van der Waals surface area contributed by atoms with Crippen LogP contribution >= 0.6 is 11.6 Å². The van der Waals surface area contributed by atoms with Crippen LogP contribution in [0.4, 0.5) is 0 Å². The fourth-order valence-corrected chi connectivity index (χ4v) is 8.59. The fraction of sp³-hybridized carbons (Fsp3) is 0.742. The highest BCUT2D eigenvalue weighted by atomic mass is 35.5. The van der Waals surface area contributed by atoms with Gasteiger partial charge in [0.1, 0.15) is 6.07 Å². The Hall–Kier alpha value is -1.73. The molecule has 0 amide bonds. The van der Waals surface area contributed by atoms with Crippen molar-refractivity contribution in [3.63, 3.8) is 0 Å². The third kappa shape index (κ3) is 3.87. The first-order valence-electron chi connectivity index (χ1n) is 13.7. The van der Waals surface area contributed by atoms with E-state index in [4.69, 9.17) is 11.6 Å². The first-order valence-corrected chi connectivity index (χ1v) is 14.1. The summed E-state index contributed by atoms with van der Waals surface area (Å²) < 4.78 is 0. The number of carbonyl (C=O) groups is 3. The molecule has 4 aliphatic rings. The number of rotatable bonds is 1. The minimum absolute atomic E-state index is 0.0181. The summed E-state index contributed by atoms with van der Waals surface area (Å²) in [4.78, 5) is 39.5. The van der Waals surface area contributed by atoms with Crippen molar-refractivity contribution in [2.45, 2.75) is 99.8 Å². The van der Waals surface area contributed by atoms with Crippen molar-refractivity contribution < 1.29 is 14.4 Å². The molecule has 0 heterocycles. The molecule has 36 heavy (non-hydrogen) atoms. The number of nitriles is 1. The molecule has 4 nitrogen and oxygen atoms in total. The zero-order valence-corrected chi connectivity index (χ0v) is 23.8. The Bertz CT molecular complexity index is 1110. The molecule has 0 spiro atoms. The lowest BCUT2D eigenvalue weighted by Crippen LogP contribution is -2.58. The van der Waals surface area contributed by atoms with Crippen molar-refractivity contribution >= 4 is 28.4 Å². The van der Waals surface area contributed by atoms with Gasteiger partial charge in [-0.25, -0.2) is 0 Å². The molecule has 4 aliphatic carbocycles. The first-order chi connectivity index (χ1) is 16.5. The smallest absolute Gasteiger partial charge is 0.227 e. The molecule has 0 saturated heterocycles. The largest absolute Gasteiger partial charge is 0.295 e. The Morgan fingerprint density at radius 3 is 2.22 bits per heavy atom. The molecule has 5 heteroatoms. The highest BCUT2D eigenvalue weighted by Gasteiger charge is 2.63. The average Bonchev–Trinajstić information content (AvgIpc) is 2.80. The number of hydrogen-bond acceptors (Lipinski definition) is 4. The molecule has 4 rings (SSSR count). The average molecular weight is 512 g/mol. The topological polar surface area (TPSA) is 75.0 Å². The summed E-state index contributed by atoms with van der Waals surface area (Å²) in [7, 11) is 0. The van der Waals surface area contributed by atoms with E-state index in [1.54, 1.807) is 0 Å². The van der Waals surface area contributed by atoms with Crippen LogP contribution in [0.25, 0.3) is 0 Å². The maximum absolute atomic E-state index is 14.0. The Morgan fingerprint density at radius 2 is 1.61 bits per heavy atom. The van der Waals surface area contributed by atoms with Crippen molar-refractivity contribution in [2.24, 2.45) is 44.8 Å². The van der Waals surface area contributed by atoms with Gasteiger partial charge in [0.15, 0.2) is 11.6 Å². The van der Waals surface area contributed by atoms with Crippen molar-refractivity contribution in [1.82, 2.24) is 0 Å². The standard InChI is InChI=1S/C31H42ClNO3/c1-19-21-9-11-31(7)24(29(21,5)17-20(18-33)25(19)35)16-23(34)22-8-10-27(2,3)12-13-28(4,26(32)36)14-15-30(22,31)6/h16-17,19,21-22H,8-15H2,1-7H3/t19-,21-,22?,28-,29-,30+,31+/m0/s1. The van der Waals surface area contributed by atoms with Crippen molar-refractivity contribution in [1.29, 1.82) is 5.26 Å². The Morgan fingerprint density at radius 1 is 0.972 bits per heavy atom.